The number of aromatic nitrogens is 3. The molecule has 4 atom stereocenters. The van der Waals surface area contributed by atoms with Crippen LogP contribution in [-0.4, -0.2) is 93.6 Å². The van der Waals surface area contributed by atoms with Gasteiger partial charge in [-0.3, -0.25) is 24.2 Å². The lowest BCUT2D eigenvalue weighted by atomic mass is 10.1. The van der Waals surface area contributed by atoms with Crippen LogP contribution < -0.4 is 9.47 Å². The number of ketones is 3. The summed E-state index contributed by atoms with van der Waals surface area (Å²) >= 11 is 1.47. The highest BCUT2D eigenvalue weighted by atomic mass is 32.1. The number of likely N-dealkylation sites (tertiary alicyclic amines) is 2. The lowest BCUT2D eigenvalue weighted by Gasteiger charge is -2.17. The summed E-state index contributed by atoms with van der Waals surface area (Å²) in [7, 11) is 3.94. The fourth-order valence-electron chi connectivity index (χ4n) is 7.81. The SMILES string of the molecule is CC(=O)C1CC(Oc2cc(-c3ccccc3)nc3cc(C)ccc23)CN1C.CC(=O)Cc1nc(-c2cc(OC3CC(C(C)=O)N(C)C3)c3ccc(C)cc3n2)cs1. The Morgan fingerprint density at radius 2 is 1.18 bits per heavy atom. The van der Waals surface area contributed by atoms with E-state index < -0.39 is 0 Å². The maximum Gasteiger partial charge on any atom is 0.147 e. The fraction of sp³-hybridized carbons (Fsp3) is 0.348. The highest BCUT2D eigenvalue weighted by Gasteiger charge is 2.35. The van der Waals surface area contributed by atoms with Gasteiger partial charge in [-0.15, -0.1) is 11.3 Å². The predicted octanol–water partition coefficient (Wildman–Crippen LogP) is 8.09. The summed E-state index contributed by atoms with van der Waals surface area (Å²) in [5.41, 5.74) is 7.50. The Kier molecular flexibility index (Phi) is 11.9. The zero-order valence-electron chi connectivity index (χ0n) is 33.6. The largest absolute Gasteiger partial charge is 0.488 e. The second kappa shape index (κ2) is 17.0. The summed E-state index contributed by atoms with van der Waals surface area (Å²) in [6.45, 7) is 10.4. The van der Waals surface area contributed by atoms with Crippen LogP contribution in [0, 0.1) is 13.8 Å². The van der Waals surface area contributed by atoms with Gasteiger partial charge in [0.15, 0.2) is 0 Å². The van der Waals surface area contributed by atoms with E-state index in [2.05, 4.69) is 52.0 Å². The Hall–Kier alpha value is -5.36. The number of Topliss-reactive ketones (excluding diaryl/α,β-unsaturated/α-hetero) is 3. The zero-order valence-corrected chi connectivity index (χ0v) is 34.4. The first kappa shape index (κ1) is 39.9. The summed E-state index contributed by atoms with van der Waals surface area (Å²) in [5, 5.41) is 4.67. The number of hydrogen-bond acceptors (Lipinski definition) is 11. The monoisotopic (exact) mass is 783 g/mol. The summed E-state index contributed by atoms with van der Waals surface area (Å²) in [4.78, 5) is 53.5. The smallest absolute Gasteiger partial charge is 0.147 e. The molecule has 57 heavy (non-hydrogen) atoms. The number of ether oxygens (including phenoxy) is 2. The Bertz CT molecular complexity index is 2450. The lowest BCUT2D eigenvalue weighted by Crippen LogP contribution is -2.31. The molecule has 0 radical (unpaired) electrons. The average Bonchev–Trinajstić information content (AvgIpc) is 3.89. The van der Waals surface area contributed by atoms with Crippen molar-refractivity contribution in [2.45, 2.75) is 78.2 Å². The van der Waals surface area contributed by atoms with E-state index in [9.17, 15) is 14.4 Å². The molecule has 6 aromatic rings. The van der Waals surface area contributed by atoms with Gasteiger partial charge in [0.2, 0.25) is 0 Å². The second-order valence-corrected chi connectivity index (χ2v) is 16.4. The maximum atomic E-state index is 11.9. The van der Waals surface area contributed by atoms with Gasteiger partial charge in [-0.1, -0.05) is 42.5 Å². The molecule has 2 aliphatic heterocycles. The molecule has 2 fully saturated rings. The molecular formula is C46H49N5O5S. The van der Waals surface area contributed by atoms with Crippen LogP contribution in [0.2, 0.25) is 0 Å². The first-order chi connectivity index (χ1) is 27.3. The van der Waals surface area contributed by atoms with E-state index in [0.29, 0.717) is 19.4 Å². The lowest BCUT2D eigenvalue weighted by molar-refractivity contribution is -0.121. The quantitative estimate of drug-likeness (QED) is 0.135. The molecule has 0 N–H and O–H groups in total. The van der Waals surface area contributed by atoms with Crippen LogP contribution >= 0.6 is 11.3 Å². The number of hydrogen-bond donors (Lipinski definition) is 0. The molecule has 0 aliphatic carbocycles. The van der Waals surface area contributed by atoms with Gasteiger partial charge >= 0.3 is 0 Å². The van der Waals surface area contributed by atoms with Crippen molar-refractivity contribution in [2.24, 2.45) is 0 Å². The summed E-state index contributed by atoms with van der Waals surface area (Å²) in [6.07, 6.45) is 1.67. The van der Waals surface area contributed by atoms with Crippen molar-refractivity contribution in [2.75, 3.05) is 27.2 Å². The van der Waals surface area contributed by atoms with Crippen LogP contribution in [0.1, 0.15) is 49.7 Å². The van der Waals surface area contributed by atoms with Crippen molar-refractivity contribution in [3.8, 4) is 34.1 Å². The molecule has 10 nitrogen and oxygen atoms in total. The van der Waals surface area contributed by atoms with E-state index in [4.69, 9.17) is 19.4 Å². The number of carbonyl (C=O) groups is 3. The Morgan fingerprint density at radius 1 is 0.667 bits per heavy atom. The number of benzene rings is 3. The highest BCUT2D eigenvalue weighted by molar-refractivity contribution is 7.10. The fourth-order valence-corrected chi connectivity index (χ4v) is 8.66. The molecule has 2 aliphatic rings. The number of carbonyl (C=O) groups excluding carboxylic acids is 3. The van der Waals surface area contributed by atoms with E-state index in [0.717, 1.165) is 79.5 Å². The van der Waals surface area contributed by atoms with Gasteiger partial charge in [-0.25, -0.2) is 15.0 Å². The number of fused-ring (bicyclic) bond motifs is 2. The van der Waals surface area contributed by atoms with Crippen LogP contribution in [0.3, 0.4) is 0 Å². The third-order valence-electron chi connectivity index (χ3n) is 10.7. The highest BCUT2D eigenvalue weighted by Crippen LogP contribution is 2.35. The van der Waals surface area contributed by atoms with Crippen LogP contribution in [0.15, 0.2) is 84.2 Å². The number of nitrogens with zero attached hydrogens (tertiary/aromatic N) is 5. The molecule has 8 rings (SSSR count). The first-order valence-electron chi connectivity index (χ1n) is 19.4. The van der Waals surface area contributed by atoms with Gasteiger partial charge in [0.25, 0.3) is 0 Å². The molecule has 0 spiro atoms. The standard InChI is InChI=1S/C23H25N3O3S.C23H24N2O2/c1-13-5-6-17-18(7-13)24-19(20-12-30-23(25-20)8-14(2)27)10-22(17)29-16-9-21(15(3)28)26(4)11-16;1-15-9-10-19-21(11-15)24-20(17-7-5-4-6-8-17)13-23(19)27-18-12-22(16(2)26)25(3)14-18/h5-7,10,12,16,21H,8-9,11H2,1-4H3;4-11,13,18,22H,12,14H2,1-3H3. The number of rotatable bonds is 10. The molecular weight excluding hydrogens is 735 g/mol. The van der Waals surface area contributed by atoms with Crippen molar-refractivity contribution in [1.29, 1.82) is 0 Å². The minimum Gasteiger partial charge on any atom is -0.488 e. The molecule has 3 aromatic heterocycles. The number of aryl methyl sites for hydroxylation is 2. The van der Waals surface area contributed by atoms with Gasteiger partial charge in [0, 0.05) is 59.8 Å². The van der Waals surface area contributed by atoms with Crippen LogP contribution in [0.25, 0.3) is 44.5 Å². The Labute approximate surface area is 337 Å². The number of pyridine rings is 2. The van der Waals surface area contributed by atoms with Crippen molar-refractivity contribution >= 4 is 50.5 Å². The minimum absolute atomic E-state index is 0.000531. The van der Waals surface area contributed by atoms with Gasteiger partial charge in [-0.2, -0.15) is 0 Å². The molecule has 0 bridgehead atoms. The van der Waals surface area contributed by atoms with Crippen molar-refractivity contribution in [1.82, 2.24) is 24.8 Å². The van der Waals surface area contributed by atoms with Gasteiger partial charge in [-0.05, 0) is 84.1 Å². The van der Waals surface area contributed by atoms with Gasteiger partial charge < -0.3 is 9.47 Å². The van der Waals surface area contributed by atoms with Gasteiger partial charge in [0.05, 0.1) is 40.9 Å². The van der Waals surface area contributed by atoms with Crippen molar-refractivity contribution in [3.05, 3.63) is 100 Å². The van der Waals surface area contributed by atoms with E-state index in [-0.39, 0.29) is 41.6 Å². The summed E-state index contributed by atoms with van der Waals surface area (Å²) < 4.78 is 12.8. The van der Waals surface area contributed by atoms with Crippen molar-refractivity contribution < 1.29 is 23.9 Å². The first-order valence-corrected chi connectivity index (χ1v) is 20.3. The summed E-state index contributed by atoms with van der Waals surface area (Å²) in [6, 6.07) is 26.3. The van der Waals surface area contributed by atoms with E-state index >= 15 is 0 Å². The topological polar surface area (TPSA) is 115 Å². The second-order valence-electron chi connectivity index (χ2n) is 15.5. The minimum atomic E-state index is -0.0995. The molecule has 3 aromatic carbocycles. The van der Waals surface area contributed by atoms with Crippen LogP contribution in [-0.2, 0) is 20.8 Å². The van der Waals surface area contributed by atoms with Crippen LogP contribution in [0.4, 0.5) is 0 Å². The third kappa shape index (κ3) is 9.28. The third-order valence-corrected chi connectivity index (χ3v) is 11.5. The number of thiazole rings is 1. The Morgan fingerprint density at radius 3 is 1.67 bits per heavy atom. The maximum absolute atomic E-state index is 11.9. The molecule has 0 amide bonds. The van der Waals surface area contributed by atoms with Crippen molar-refractivity contribution in [3.63, 3.8) is 0 Å². The Balaban J connectivity index is 0.000000175. The molecule has 5 heterocycles. The van der Waals surface area contributed by atoms with E-state index in [1.54, 1.807) is 20.8 Å². The van der Waals surface area contributed by atoms with Gasteiger partial charge in [0.1, 0.15) is 51.8 Å². The number of likely N-dealkylation sites (N-methyl/N-ethyl adjacent to an activating group) is 2. The molecule has 294 valence electrons. The average molecular weight is 784 g/mol. The normalized spacial score (nSPS) is 19.7. The molecule has 11 heteroatoms. The van der Waals surface area contributed by atoms with E-state index in [1.807, 2.05) is 74.9 Å². The molecule has 2 saturated heterocycles. The summed E-state index contributed by atoms with van der Waals surface area (Å²) in [5.74, 6) is 2.04. The molecule has 4 unspecified atom stereocenters. The molecule has 0 saturated carbocycles. The predicted molar refractivity (Wildman–Crippen MR) is 226 cm³/mol. The van der Waals surface area contributed by atoms with E-state index in [1.165, 1.54) is 16.9 Å². The zero-order chi connectivity index (χ0) is 40.4. The van der Waals surface area contributed by atoms with Crippen LogP contribution in [0.5, 0.6) is 11.5 Å².